The van der Waals surface area contributed by atoms with Crippen LogP contribution in [0.3, 0.4) is 0 Å². The molecule has 0 bridgehead atoms. The van der Waals surface area contributed by atoms with Gasteiger partial charge in [0.2, 0.25) is 0 Å². The van der Waals surface area contributed by atoms with Gasteiger partial charge in [0.1, 0.15) is 5.82 Å². The zero-order valence-electron chi connectivity index (χ0n) is 12.2. The Morgan fingerprint density at radius 1 is 1.43 bits per heavy atom. The summed E-state index contributed by atoms with van der Waals surface area (Å²) in [6, 6.07) is 3.67. The lowest BCUT2D eigenvalue weighted by Crippen LogP contribution is -2.40. The number of hydrogen-bond acceptors (Lipinski definition) is 4. The van der Waals surface area contributed by atoms with Crippen LogP contribution in [0.25, 0.3) is 5.65 Å². The highest BCUT2D eigenvalue weighted by Crippen LogP contribution is 2.20. The van der Waals surface area contributed by atoms with Crippen molar-refractivity contribution in [1.29, 1.82) is 0 Å². The third-order valence-corrected chi connectivity index (χ3v) is 4.30. The maximum absolute atomic E-state index is 11.0. The number of hydrogen-bond donors (Lipinski definition) is 1. The van der Waals surface area contributed by atoms with Crippen LogP contribution in [0.5, 0.6) is 0 Å². The van der Waals surface area contributed by atoms with E-state index >= 15 is 0 Å². The van der Waals surface area contributed by atoms with Gasteiger partial charge in [-0.3, -0.25) is 4.40 Å². The standard InChI is InChI=1S/C15H20N4O2/c1-2-18-7-4-3-5-12(18)10-14-17-16-13-9-11(15(20)21)6-8-19(13)14/h6,8-9,12H,2-5,7,10H2,1H3,(H,20,21). The molecule has 1 aliphatic rings. The summed E-state index contributed by atoms with van der Waals surface area (Å²) in [4.78, 5) is 13.5. The van der Waals surface area contributed by atoms with Crippen LogP contribution in [0.4, 0.5) is 0 Å². The SMILES string of the molecule is CCN1CCCCC1Cc1nnc2cc(C(=O)O)ccn12. The zero-order valence-corrected chi connectivity index (χ0v) is 12.2. The van der Waals surface area contributed by atoms with Crippen molar-refractivity contribution in [3.8, 4) is 0 Å². The van der Waals surface area contributed by atoms with E-state index in [1.807, 2.05) is 4.40 Å². The number of rotatable bonds is 4. The van der Waals surface area contributed by atoms with Crippen molar-refractivity contribution in [2.45, 2.75) is 38.6 Å². The first kappa shape index (κ1) is 14.0. The van der Waals surface area contributed by atoms with Crippen molar-refractivity contribution in [3.05, 3.63) is 29.7 Å². The normalized spacial score (nSPS) is 20.0. The van der Waals surface area contributed by atoms with E-state index < -0.39 is 5.97 Å². The minimum absolute atomic E-state index is 0.245. The first-order chi connectivity index (χ1) is 10.2. The average Bonchev–Trinajstić information content (AvgIpc) is 2.90. The molecule has 0 saturated carbocycles. The Hall–Kier alpha value is -1.95. The first-order valence-corrected chi connectivity index (χ1v) is 7.50. The number of fused-ring (bicyclic) bond motifs is 1. The summed E-state index contributed by atoms with van der Waals surface area (Å²) in [5.41, 5.74) is 0.845. The molecule has 0 aromatic carbocycles. The molecule has 6 nitrogen and oxygen atoms in total. The molecule has 1 fully saturated rings. The Bertz CT molecular complexity index is 652. The molecule has 2 aromatic rings. The maximum Gasteiger partial charge on any atom is 0.335 e. The summed E-state index contributed by atoms with van der Waals surface area (Å²) in [7, 11) is 0. The summed E-state index contributed by atoms with van der Waals surface area (Å²) in [5, 5.41) is 17.4. The number of aromatic nitrogens is 3. The molecule has 1 atom stereocenters. The fraction of sp³-hybridized carbons (Fsp3) is 0.533. The van der Waals surface area contributed by atoms with Crippen LogP contribution in [0.2, 0.25) is 0 Å². The number of carboxylic acid groups (broad SMARTS) is 1. The van der Waals surface area contributed by atoms with E-state index in [0.717, 1.165) is 25.3 Å². The van der Waals surface area contributed by atoms with Gasteiger partial charge in [-0.05, 0) is 38.1 Å². The molecular weight excluding hydrogens is 268 g/mol. The molecule has 2 aromatic heterocycles. The van der Waals surface area contributed by atoms with E-state index in [-0.39, 0.29) is 5.56 Å². The van der Waals surface area contributed by atoms with Gasteiger partial charge in [-0.1, -0.05) is 13.3 Å². The predicted molar refractivity (Wildman–Crippen MR) is 78.5 cm³/mol. The minimum atomic E-state index is -0.938. The number of likely N-dealkylation sites (N-methyl/N-ethyl adjacent to an activating group) is 1. The van der Waals surface area contributed by atoms with Crippen molar-refractivity contribution in [2.24, 2.45) is 0 Å². The van der Waals surface area contributed by atoms with Crippen LogP contribution in [-0.2, 0) is 6.42 Å². The molecule has 0 aliphatic carbocycles. The number of piperidine rings is 1. The number of likely N-dealkylation sites (tertiary alicyclic amines) is 1. The fourth-order valence-electron chi connectivity index (χ4n) is 3.13. The Morgan fingerprint density at radius 3 is 3.05 bits per heavy atom. The van der Waals surface area contributed by atoms with E-state index in [1.54, 1.807) is 18.3 Å². The molecule has 112 valence electrons. The Morgan fingerprint density at radius 2 is 2.29 bits per heavy atom. The van der Waals surface area contributed by atoms with Crippen LogP contribution >= 0.6 is 0 Å². The third kappa shape index (κ3) is 2.76. The maximum atomic E-state index is 11.0. The highest BCUT2D eigenvalue weighted by molar-refractivity contribution is 5.88. The Balaban J connectivity index is 1.85. The highest BCUT2D eigenvalue weighted by atomic mass is 16.4. The molecule has 1 saturated heterocycles. The number of carboxylic acids is 1. The van der Waals surface area contributed by atoms with Crippen LogP contribution in [0.15, 0.2) is 18.3 Å². The smallest absolute Gasteiger partial charge is 0.335 e. The van der Waals surface area contributed by atoms with Gasteiger partial charge in [0.15, 0.2) is 5.65 Å². The molecule has 1 unspecified atom stereocenters. The summed E-state index contributed by atoms with van der Waals surface area (Å²) in [6.07, 6.45) is 6.35. The van der Waals surface area contributed by atoms with Crippen molar-refractivity contribution < 1.29 is 9.90 Å². The third-order valence-electron chi connectivity index (χ3n) is 4.30. The van der Waals surface area contributed by atoms with E-state index in [2.05, 4.69) is 22.0 Å². The van der Waals surface area contributed by atoms with Crippen LogP contribution in [0.1, 0.15) is 42.4 Å². The van der Waals surface area contributed by atoms with Gasteiger partial charge in [-0.15, -0.1) is 10.2 Å². The summed E-state index contributed by atoms with van der Waals surface area (Å²) in [5.74, 6) is -0.0289. The minimum Gasteiger partial charge on any atom is -0.478 e. The number of pyridine rings is 1. The van der Waals surface area contributed by atoms with Gasteiger partial charge in [0.05, 0.1) is 5.56 Å². The lowest BCUT2D eigenvalue weighted by Gasteiger charge is -2.34. The lowest BCUT2D eigenvalue weighted by atomic mass is 9.99. The lowest BCUT2D eigenvalue weighted by molar-refractivity contribution is 0.0697. The van der Waals surface area contributed by atoms with E-state index in [1.165, 1.54) is 19.3 Å². The Labute approximate surface area is 123 Å². The Kier molecular flexibility index (Phi) is 3.88. The summed E-state index contributed by atoms with van der Waals surface area (Å²) >= 11 is 0. The average molecular weight is 288 g/mol. The summed E-state index contributed by atoms with van der Waals surface area (Å²) < 4.78 is 1.90. The monoisotopic (exact) mass is 288 g/mol. The van der Waals surface area contributed by atoms with Gasteiger partial charge < -0.3 is 10.0 Å². The number of aromatic carboxylic acids is 1. The van der Waals surface area contributed by atoms with Gasteiger partial charge in [0.25, 0.3) is 0 Å². The van der Waals surface area contributed by atoms with Gasteiger partial charge in [0, 0.05) is 18.7 Å². The number of carbonyl (C=O) groups is 1. The molecule has 3 rings (SSSR count). The molecule has 0 spiro atoms. The van der Waals surface area contributed by atoms with Crippen molar-refractivity contribution in [3.63, 3.8) is 0 Å². The van der Waals surface area contributed by atoms with E-state index in [9.17, 15) is 4.79 Å². The van der Waals surface area contributed by atoms with E-state index in [4.69, 9.17) is 5.11 Å². The molecule has 1 N–H and O–H groups in total. The van der Waals surface area contributed by atoms with Gasteiger partial charge in [-0.2, -0.15) is 0 Å². The quantitative estimate of drug-likeness (QED) is 0.929. The van der Waals surface area contributed by atoms with Crippen LogP contribution in [0, 0.1) is 0 Å². The predicted octanol–water partition coefficient (Wildman–Crippen LogP) is 1.84. The van der Waals surface area contributed by atoms with Gasteiger partial charge in [-0.25, -0.2) is 4.79 Å². The largest absolute Gasteiger partial charge is 0.478 e. The van der Waals surface area contributed by atoms with Gasteiger partial charge >= 0.3 is 5.97 Å². The van der Waals surface area contributed by atoms with Crippen LogP contribution < -0.4 is 0 Å². The number of nitrogens with zero attached hydrogens (tertiary/aromatic N) is 4. The van der Waals surface area contributed by atoms with Crippen molar-refractivity contribution in [1.82, 2.24) is 19.5 Å². The van der Waals surface area contributed by atoms with Crippen LogP contribution in [-0.4, -0.2) is 49.7 Å². The molecule has 1 aliphatic heterocycles. The topological polar surface area (TPSA) is 70.7 Å². The molecule has 3 heterocycles. The van der Waals surface area contributed by atoms with Crippen molar-refractivity contribution >= 4 is 11.6 Å². The first-order valence-electron chi connectivity index (χ1n) is 7.50. The molecular formula is C15H20N4O2. The molecule has 21 heavy (non-hydrogen) atoms. The van der Waals surface area contributed by atoms with E-state index in [0.29, 0.717) is 11.7 Å². The molecule has 6 heteroatoms. The molecule has 0 radical (unpaired) electrons. The zero-order chi connectivity index (χ0) is 14.8. The summed E-state index contributed by atoms with van der Waals surface area (Å²) in [6.45, 7) is 4.41. The van der Waals surface area contributed by atoms with Crippen molar-refractivity contribution in [2.75, 3.05) is 13.1 Å². The molecule has 0 amide bonds. The second-order valence-corrected chi connectivity index (χ2v) is 5.55. The fourth-order valence-corrected chi connectivity index (χ4v) is 3.13. The second-order valence-electron chi connectivity index (χ2n) is 5.55. The second kappa shape index (κ2) is 5.81. The highest BCUT2D eigenvalue weighted by Gasteiger charge is 2.23.